The monoisotopic (exact) mass is 307 g/mol. The number of nitrogens with one attached hydrogen (secondary N) is 1. The van der Waals surface area contributed by atoms with E-state index < -0.39 is 0 Å². The minimum atomic E-state index is 1.04. The van der Waals surface area contributed by atoms with Gasteiger partial charge in [0, 0.05) is 61.3 Å². The van der Waals surface area contributed by atoms with E-state index in [1.54, 1.807) is 0 Å². The van der Waals surface area contributed by atoms with Crippen LogP contribution in [0.5, 0.6) is 0 Å². The standard InChI is InChI=1S/C14H18BrN3/c1-17-10-12(15)14-11(3-2-4-13(14)17)9-18-7-5-16-6-8-18/h2-4,10,16H,5-9H2,1H3. The first kappa shape index (κ1) is 12.2. The molecule has 2 aromatic rings. The molecule has 0 aliphatic carbocycles. The summed E-state index contributed by atoms with van der Waals surface area (Å²) in [6, 6.07) is 6.59. The van der Waals surface area contributed by atoms with E-state index >= 15 is 0 Å². The molecule has 0 radical (unpaired) electrons. The molecule has 0 unspecified atom stereocenters. The SMILES string of the molecule is Cn1cc(Br)c2c(CN3CCNCC3)cccc21. The lowest BCUT2D eigenvalue weighted by atomic mass is 10.1. The van der Waals surface area contributed by atoms with Gasteiger partial charge >= 0.3 is 0 Å². The maximum atomic E-state index is 3.68. The molecule has 1 aromatic heterocycles. The van der Waals surface area contributed by atoms with Crippen LogP contribution in [0.25, 0.3) is 10.9 Å². The van der Waals surface area contributed by atoms with Crippen molar-refractivity contribution in [3.63, 3.8) is 0 Å². The summed E-state index contributed by atoms with van der Waals surface area (Å²) in [7, 11) is 2.10. The van der Waals surface area contributed by atoms with Crippen molar-refractivity contribution in [1.82, 2.24) is 14.8 Å². The van der Waals surface area contributed by atoms with Gasteiger partial charge in [0.05, 0.1) is 0 Å². The molecular formula is C14H18BrN3. The van der Waals surface area contributed by atoms with Gasteiger partial charge in [-0.2, -0.15) is 0 Å². The molecule has 0 atom stereocenters. The van der Waals surface area contributed by atoms with Crippen molar-refractivity contribution in [2.75, 3.05) is 26.2 Å². The summed E-state index contributed by atoms with van der Waals surface area (Å²) in [6.07, 6.45) is 2.14. The average Bonchev–Trinajstić information content (AvgIpc) is 2.67. The molecule has 0 bridgehead atoms. The van der Waals surface area contributed by atoms with Gasteiger partial charge < -0.3 is 9.88 Å². The normalized spacial score (nSPS) is 17.4. The molecule has 1 saturated heterocycles. The van der Waals surface area contributed by atoms with Crippen LogP contribution in [0.1, 0.15) is 5.56 Å². The molecule has 1 aliphatic heterocycles. The van der Waals surface area contributed by atoms with Crippen LogP contribution in [0.15, 0.2) is 28.9 Å². The Bertz CT molecular complexity index is 555. The number of fused-ring (bicyclic) bond motifs is 1. The maximum absolute atomic E-state index is 3.68. The van der Waals surface area contributed by atoms with Crippen LogP contribution in [-0.2, 0) is 13.6 Å². The summed E-state index contributed by atoms with van der Waals surface area (Å²) < 4.78 is 3.38. The molecule has 1 aliphatic rings. The number of halogens is 1. The Morgan fingerprint density at radius 3 is 2.83 bits per heavy atom. The summed E-state index contributed by atoms with van der Waals surface area (Å²) in [4.78, 5) is 2.52. The zero-order valence-corrected chi connectivity index (χ0v) is 12.2. The van der Waals surface area contributed by atoms with Gasteiger partial charge in [0.15, 0.2) is 0 Å². The number of hydrogen-bond acceptors (Lipinski definition) is 2. The number of piperazine rings is 1. The van der Waals surface area contributed by atoms with Crippen LogP contribution in [0, 0.1) is 0 Å². The fraction of sp³-hybridized carbons (Fsp3) is 0.429. The van der Waals surface area contributed by atoms with Crippen LogP contribution in [0.3, 0.4) is 0 Å². The molecule has 0 saturated carbocycles. The lowest BCUT2D eigenvalue weighted by Crippen LogP contribution is -2.42. The molecular weight excluding hydrogens is 290 g/mol. The van der Waals surface area contributed by atoms with Crippen molar-refractivity contribution in [2.24, 2.45) is 7.05 Å². The van der Waals surface area contributed by atoms with E-state index in [9.17, 15) is 0 Å². The second kappa shape index (κ2) is 5.03. The molecule has 3 rings (SSSR count). The first-order chi connectivity index (χ1) is 8.75. The molecule has 18 heavy (non-hydrogen) atoms. The summed E-state index contributed by atoms with van der Waals surface area (Å²) >= 11 is 3.68. The molecule has 1 N–H and O–H groups in total. The van der Waals surface area contributed by atoms with E-state index in [-0.39, 0.29) is 0 Å². The number of hydrogen-bond donors (Lipinski definition) is 1. The van der Waals surface area contributed by atoms with Crippen molar-refractivity contribution in [1.29, 1.82) is 0 Å². The second-order valence-electron chi connectivity index (χ2n) is 4.93. The summed E-state index contributed by atoms with van der Waals surface area (Å²) in [5.41, 5.74) is 2.72. The lowest BCUT2D eigenvalue weighted by Gasteiger charge is -2.27. The van der Waals surface area contributed by atoms with E-state index in [1.807, 2.05) is 0 Å². The van der Waals surface area contributed by atoms with Crippen molar-refractivity contribution in [3.8, 4) is 0 Å². The Balaban J connectivity index is 1.95. The van der Waals surface area contributed by atoms with Crippen LogP contribution in [0.2, 0.25) is 0 Å². The van der Waals surface area contributed by atoms with Crippen molar-refractivity contribution >= 4 is 26.8 Å². The molecule has 1 aromatic carbocycles. The van der Waals surface area contributed by atoms with Gasteiger partial charge in [-0.3, -0.25) is 4.90 Å². The van der Waals surface area contributed by atoms with Gasteiger partial charge in [-0.05, 0) is 27.6 Å². The van der Waals surface area contributed by atoms with E-state index in [0.717, 1.165) is 32.7 Å². The number of nitrogens with zero attached hydrogens (tertiary/aromatic N) is 2. The zero-order chi connectivity index (χ0) is 12.5. The average molecular weight is 308 g/mol. The predicted molar refractivity (Wildman–Crippen MR) is 78.8 cm³/mol. The molecule has 2 heterocycles. The summed E-state index contributed by atoms with van der Waals surface area (Å²) in [6.45, 7) is 5.53. The molecule has 3 nitrogen and oxygen atoms in total. The Hall–Kier alpha value is -0.840. The zero-order valence-electron chi connectivity index (χ0n) is 10.6. The highest BCUT2D eigenvalue weighted by atomic mass is 79.9. The third kappa shape index (κ3) is 2.20. The van der Waals surface area contributed by atoms with E-state index in [2.05, 4.69) is 62.2 Å². The van der Waals surface area contributed by atoms with Crippen LogP contribution in [-0.4, -0.2) is 35.6 Å². The Morgan fingerprint density at radius 2 is 2.06 bits per heavy atom. The largest absolute Gasteiger partial charge is 0.349 e. The third-order valence-electron chi connectivity index (χ3n) is 3.66. The van der Waals surface area contributed by atoms with Crippen LogP contribution >= 0.6 is 15.9 Å². The van der Waals surface area contributed by atoms with Crippen LogP contribution in [0.4, 0.5) is 0 Å². The first-order valence-electron chi connectivity index (χ1n) is 6.41. The van der Waals surface area contributed by atoms with Crippen molar-refractivity contribution in [2.45, 2.75) is 6.54 Å². The highest BCUT2D eigenvalue weighted by Crippen LogP contribution is 2.29. The van der Waals surface area contributed by atoms with Gasteiger partial charge in [0.25, 0.3) is 0 Å². The number of rotatable bonds is 2. The lowest BCUT2D eigenvalue weighted by molar-refractivity contribution is 0.234. The molecule has 0 amide bonds. The highest BCUT2D eigenvalue weighted by molar-refractivity contribution is 9.10. The van der Waals surface area contributed by atoms with Crippen LogP contribution < -0.4 is 5.32 Å². The maximum Gasteiger partial charge on any atom is 0.0492 e. The number of aromatic nitrogens is 1. The summed E-state index contributed by atoms with van der Waals surface area (Å²) in [5.74, 6) is 0. The predicted octanol–water partition coefficient (Wildman–Crippen LogP) is 2.35. The van der Waals surface area contributed by atoms with Gasteiger partial charge in [-0.1, -0.05) is 12.1 Å². The van der Waals surface area contributed by atoms with Gasteiger partial charge in [0.2, 0.25) is 0 Å². The highest BCUT2D eigenvalue weighted by Gasteiger charge is 2.14. The topological polar surface area (TPSA) is 20.2 Å². The second-order valence-corrected chi connectivity index (χ2v) is 5.78. The van der Waals surface area contributed by atoms with E-state index in [4.69, 9.17) is 0 Å². The Morgan fingerprint density at radius 1 is 1.28 bits per heavy atom. The van der Waals surface area contributed by atoms with E-state index in [1.165, 1.54) is 20.9 Å². The molecule has 0 spiro atoms. The van der Waals surface area contributed by atoms with E-state index in [0.29, 0.717) is 0 Å². The minimum absolute atomic E-state index is 1.04. The third-order valence-corrected chi connectivity index (χ3v) is 4.26. The van der Waals surface area contributed by atoms with Gasteiger partial charge in [-0.25, -0.2) is 0 Å². The van der Waals surface area contributed by atoms with Gasteiger partial charge in [0.1, 0.15) is 0 Å². The fourth-order valence-corrected chi connectivity index (χ4v) is 3.47. The number of benzene rings is 1. The summed E-state index contributed by atoms with van der Waals surface area (Å²) in [5, 5.41) is 4.76. The fourth-order valence-electron chi connectivity index (χ4n) is 2.70. The number of aryl methyl sites for hydroxylation is 1. The molecule has 96 valence electrons. The van der Waals surface area contributed by atoms with Gasteiger partial charge in [-0.15, -0.1) is 0 Å². The van der Waals surface area contributed by atoms with Crippen molar-refractivity contribution in [3.05, 3.63) is 34.4 Å². The minimum Gasteiger partial charge on any atom is -0.349 e. The van der Waals surface area contributed by atoms with Crippen molar-refractivity contribution < 1.29 is 0 Å². The molecule has 4 heteroatoms. The Kier molecular flexibility index (Phi) is 3.41. The quantitative estimate of drug-likeness (QED) is 0.919. The molecule has 1 fully saturated rings. The Labute approximate surface area is 116 Å². The smallest absolute Gasteiger partial charge is 0.0492 e. The first-order valence-corrected chi connectivity index (χ1v) is 7.20.